The predicted octanol–water partition coefficient (Wildman–Crippen LogP) is 1.33. The van der Waals surface area contributed by atoms with Gasteiger partial charge in [-0.2, -0.15) is 0 Å². The van der Waals surface area contributed by atoms with Gasteiger partial charge in [0.05, 0.1) is 24.3 Å². The molecule has 0 radical (unpaired) electrons. The second-order valence-corrected chi connectivity index (χ2v) is 3.82. The molecule has 1 saturated heterocycles. The van der Waals surface area contributed by atoms with Crippen LogP contribution in [-0.2, 0) is 4.74 Å². The molecule has 2 heteroatoms. The fourth-order valence-corrected chi connectivity index (χ4v) is 2.14. The Morgan fingerprint density at radius 1 is 0.714 bits per heavy atom. The van der Waals surface area contributed by atoms with Crippen LogP contribution < -0.4 is 5.32 Å². The van der Waals surface area contributed by atoms with Gasteiger partial charge in [0.25, 0.3) is 0 Å². The highest BCUT2D eigenvalue weighted by Crippen LogP contribution is 2.22. The average Bonchev–Trinajstić information content (AvgIpc) is 2.26. The van der Waals surface area contributed by atoms with Gasteiger partial charge < -0.3 is 4.74 Å². The molecule has 3 aliphatic rings. The fourth-order valence-electron chi connectivity index (χ4n) is 2.14. The number of morpholine rings is 1. The van der Waals surface area contributed by atoms with Gasteiger partial charge in [-0.15, -0.1) is 0 Å². The van der Waals surface area contributed by atoms with E-state index in [0.717, 1.165) is 0 Å². The van der Waals surface area contributed by atoms with E-state index in [9.17, 15) is 0 Å². The van der Waals surface area contributed by atoms with Gasteiger partial charge in [0.1, 0.15) is 0 Å². The third-order valence-corrected chi connectivity index (χ3v) is 2.87. The Bertz CT molecular complexity index is 274. The van der Waals surface area contributed by atoms with Crippen LogP contribution in [0.3, 0.4) is 0 Å². The van der Waals surface area contributed by atoms with E-state index in [0.29, 0.717) is 12.1 Å². The molecular weight excluding hydrogens is 174 g/mol. The van der Waals surface area contributed by atoms with E-state index in [1.807, 2.05) is 12.2 Å². The summed E-state index contributed by atoms with van der Waals surface area (Å²) in [6.45, 7) is 0. The third-order valence-electron chi connectivity index (χ3n) is 2.87. The van der Waals surface area contributed by atoms with E-state index in [2.05, 4.69) is 41.8 Å². The minimum absolute atomic E-state index is 0.192. The van der Waals surface area contributed by atoms with Gasteiger partial charge in [0, 0.05) is 0 Å². The first-order chi connectivity index (χ1) is 6.93. The van der Waals surface area contributed by atoms with Crippen molar-refractivity contribution in [3.63, 3.8) is 0 Å². The Morgan fingerprint density at radius 2 is 1.21 bits per heavy atom. The van der Waals surface area contributed by atoms with Crippen LogP contribution in [0.15, 0.2) is 48.6 Å². The number of allylic oxidation sites excluding steroid dienone is 4. The Labute approximate surface area is 83.6 Å². The Morgan fingerprint density at radius 3 is 1.79 bits per heavy atom. The van der Waals surface area contributed by atoms with Gasteiger partial charge >= 0.3 is 0 Å². The van der Waals surface area contributed by atoms with Gasteiger partial charge in [-0.05, 0) is 0 Å². The van der Waals surface area contributed by atoms with Gasteiger partial charge in [0.15, 0.2) is 0 Å². The lowest BCUT2D eigenvalue weighted by Gasteiger charge is -2.40. The number of rotatable bonds is 0. The molecule has 0 saturated carbocycles. The molecule has 0 aromatic heterocycles. The van der Waals surface area contributed by atoms with Crippen molar-refractivity contribution in [3.05, 3.63) is 48.6 Å². The van der Waals surface area contributed by atoms with Crippen LogP contribution in [0.5, 0.6) is 0 Å². The zero-order chi connectivity index (χ0) is 9.38. The summed E-state index contributed by atoms with van der Waals surface area (Å²) in [5.74, 6) is 0. The van der Waals surface area contributed by atoms with E-state index in [1.54, 1.807) is 0 Å². The lowest BCUT2D eigenvalue weighted by molar-refractivity contribution is -0.0213. The largest absolute Gasteiger partial charge is 0.363 e. The molecule has 3 rings (SSSR count). The van der Waals surface area contributed by atoms with Crippen LogP contribution in [0.1, 0.15) is 0 Å². The molecule has 72 valence electrons. The molecule has 0 bridgehead atoms. The maximum absolute atomic E-state index is 5.96. The van der Waals surface area contributed by atoms with Gasteiger partial charge in [0.2, 0.25) is 0 Å². The summed E-state index contributed by atoms with van der Waals surface area (Å²) in [6.07, 6.45) is 17.2. The van der Waals surface area contributed by atoms with E-state index in [-0.39, 0.29) is 12.2 Å². The minimum Gasteiger partial charge on any atom is -0.363 e. The zero-order valence-corrected chi connectivity index (χ0v) is 7.84. The molecule has 1 heterocycles. The van der Waals surface area contributed by atoms with Crippen molar-refractivity contribution in [2.45, 2.75) is 24.3 Å². The lowest BCUT2D eigenvalue weighted by Crippen LogP contribution is -2.56. The van der Waals surface area contributed by atoms with E-state index >= 15 is 0 Å². The van der Waals surface area contributed by atoms with Crippen molar-refractivity contribution in [2.75, 3.05) is 0 Å². The predicted molar refractivity (Wildman–Crippen MR) is 55.9 cm³/mol. The van der Waals surface area contributed by atoms with Gasteiger partial charge in [-0.25, -0.2) is 0 Å². The molecule has 1 aliphatic heterocycles. The summed E-state index contributed by atoms with van der Waals surface area (Å²) in [7, 11) is 0. The normalized spacial score (nSPS) is 43.4. The molecule has 0 aromatic carbocycles. The summed E-state index contributed by atoms with van der Waals surface area (Å²) in [6, 6.07) is 0.662. The fraction of sp³-hybridized carbons (Fsp3) is 0.333. The molecule has 4 unspecified atom stereocenters. The maximum Gasteiger partial charge on any atom is 0.0956 e. The first-order valence-electron chi connectivity index (χ1n) is 5.05. The van der Waals surface area contributed by atoms with Crippen LogP contribution in [-0.4, -0.2) is 24.3 Å². The molecule has 2 aliphatic carbocycles. The summed E-state index contributed by atoms with van der Waals surface area (Å²) < 4.78 is 5.96. The van der Waals surface area contributed by atoms with Gasteiger partial charge in [-0.1, -0.05) is 48.6 Å². The molecule has 4 atom stereocenters. The van der Waals surface area contributed by atoms with Crippen LogP contribution in [0.2, 0.25) is 0 Å². The molecule has 0 aromatic rings. The van der Waals surface area contributed by atoms with Gasteiger partial charge in [-0.3, -0.25) is 5.32 Å². The Hall–Kier alpha value is -1.12. The summed E-state index contributed by atoms with van der Waals surface area (Å²) in [5, 5.41) is 3.56. The number of hydrogen-bond acceptors (Lipinski definition) is 2. The average molecular weight is 187 g/mol. The van der Waals surface area contributed by atoms with E-state index in [1.165, 1.54) is 0 Å². The van der Waals surface area contributed by atoms with Crippen molar-refractivity contribution < 1.29 is 4.74 Å². The first-order valence-corrected chi connectivity index (χ1v) is 5.05. The summed E-state index contributed by atoms with van der Waals surface area (Å²) in [5.41, 5.74) is 0. The third kappa shape index (κ3) is 1.27. The number of ether oxygens (including phenoxy) is 1. The molecular formula is C12H13NO. The van der Waals surface area contributed by atoms with Crippen LogP contribution in [0, 0.1) is 0 Å². The lowest BCUT2D eigenvalue weighted by atomic mass is 9.96. The highest BCUT2D eigenvalue weighted by atomic mass is 16.5. The van der Waals surface area contributed by atoms with Crippen LogP contribution in [0.25, 0.3) is 0 Å². The quantitative estimate of drug-likeness (QED) is 0.617. The van der Waals surface area contributed by atoms with Crippen LogP contribution >= 0.6 is 0 Å². The smallest absolute Gasteiger partial charge is 0.0956 e. The van der Waals surface area contributed by atoms with Crippen molar-refractivity contribution in [1.29, 1.82) is 0 Å². The second-order valence-electron chi connectivity index (χ2n) is 3.82. The van der Waals surface area contributed by atoms with E-state index < -0.39 is 0 Å². The highest BCUT2D eigenvalue weighted by Gasteiger charge is 2.33. The van der Waals surface area contributed by atoms with Crippen LogP contribution in [0.4, 0.5) is 0 Å². The Balaban J connectivity index is 1.83. The molecule has 14 heavy (non-hydrogen) atoms. The number of fused-ring (bicyclic) bond motifs is 2. The number of hydrogen-bond donors (Lipinski definition) is 1. The Kier molecular flexibility index (Phi) is 1.89. The molecule has 0 amide bonds. The van der Waals surface area contributed by atoms with Crippen molar-refractivity contribution in [2.24, 2.45) is 0 Å². The topological polar surface area (TPSA) is 21.3 Å². The van der Waals surface area contributed by atoms with Crippen molar-refractivity contribution >= 4 is 0 Å². The number of nitrogens with one attached hydrogen (secondary N) is 1. The minimum atomic E-state index is 0.192. The summed E-state index contributed by atoms with van der Waals surface area (Å²) >= 11 is 0. The SMILES string of the molecule is C1=CC2NC3C=CC=CC3OC2C=C1. The monoisotopic (exact) mass is 187 g/mol. The first kappa shape index (κ1) is 8.21. The molecule has 0 spiro atoms. The van der Waals surface area contributed by atoms with E-state index in [4.69, 9.17) is 4.74 Å². The molecule has 1 N–H and O–H groups in total. The second kappa shape index (κ2) is 3.23. The zero-order valence-electron chi connectivity index (χ0n) is 7.84. The maximum atomic E-state index is 5.96. The standard InChI is InChI=1S/C12H13NO/c1-3-7-11-9(5-1)13-10-6-2-4-8-12(10)14-11/h1-13H. The highest BCUT2D eigenvalue weighted by molar-refractivity contribution is 5.26. The van der Waals surface area contributed by atoms with Crippen molar-refractivity contribution in [1.82, 2.24) is 5.32 Å². The molecule has 1 fully saturated rings. The van der Waals surface area contributed by atoms with Crippen molar-refractivity contribution in [3.8, 4) is 0 Å². The summed E-state index contributed by atoms with van der Waals surface area (Å²) in [4.78, 5) is 0. The molecule has 2 nitrogen and oxygen atoms in total.